The predicted molar refractivity (Wildman–Crippen MR) is 118 cm³/mol. The van der Waals surface area contributed by atoms with Crippen molar-refractivity contribution in [3.8, 4) is 17.2 Å². The summed E-state index contributed by atoms with van der Waals surface area (Å²) in [6, 6.07) is 8.85. The predicted octanol–water partition coefficient (Wildman–Crippen LogP) is 4.04. The first kappa shape index (κ1) is 23.7. The number of rotatable bonds is 8. The first-order chi connectivity index (χ1) is 16.2. The van der Waals surface area contributed by atoms with Crippen LogP contribution < -0.4 is 24.0 Å². The van der Waals surface area contributed by atoms with Crippen LogP contribution in [0.4, 0.5) is 29.3 Å². The monoisotopic (exact) mass is 479 g/mol. The van der Waals surface area contributed by atoms with Crippen LogP contribution in [0.1, 0.15) is 12.8 Å². The van der Waals surface area contributed by atoms with E-state index in [0.29, 0.717) is 23.8 Å². The van der Waals surface area contributed by atoms with Crippen molar-refractivity contribution in [1.29, 1.82) is 0 Å². The number of alkyl halides is 3. The highest BCUT2D eigenvalue weighted by atomic mass is 19.4. The number of benzene rings is 2. The van der Waals surface area contributed by atoms with Crippen molar-refractivity contribution in [3.63, 3.8) is 0 Å². The standard InChI is InChI=1S/C23H24F3N3O5/c1-32-20-14-17(6-9-19(20)33-13-12-27-10-2-3-11-27)28-15-21(30)29(22(28)31)16-4-7-18(8-5-16)34-23(24,25)26/h4-9,14H,2-3,10-13,15H2,1H3. The number of nitrogens with zero attached hydrogens (tertiary/aromatic N) is 3. The van der Waals surface area contributed by atoms with E-state index in [2.05, 4.69) is 9.64 Å². The van der Waals surface area contributed by atoms with Gasteiger partial charge in [0.05, 0.1) is 12.8 Å². The summed E-state index contributed by atoms with van der Waals surface area (Å²) >= 11 is 0. The lowest BCUT2D eigenvalue weighted by Gasteiger charge is -2.20. The van der Waals surface area contributed by atoms with Gasteiger partial charge in [-0.1, -0.05) is 0 Å². The van der Waals surface area contributed by atoms with E-state index in [9.17, 15) is 22.8 Å². The minimum atomic E-state index is -4.83. The average molecular weight is 479 g/mol. The smallest absolute Gasteiger partial charge is 0.493 e. The molecule has 0 aliphatic carbocycles. The lowest BCUT2D eigenvalue weighted by molar-refractivity contribution is -0.274. The molecule has 4 rings (SSSR count). The van der Waals surface area contributed by atoms with Crippen molar-refractivity contribution in [2.45, 2.75) is 19.2 Å². The van der Waals surface area contributed by atoms with Gasteiger partial charge in [-0.15, -0.1) is 13.2 Å². The van der Waals surface area contributed by atoms with Crippen molar-refractivity contribution in [2.24, 2.45) is 0 Å². The topological polar surface area (TPSA) is 71.5 Å². The molecular weight excluding hydrogens is 455 g/mol. The van der Waals surface area contributed by atoms with Crippen LogP contribution in [0, 0.1) is 0 Å². The molecule has 3 amide bonds. The minimum absolute atomic E-state index is 0.140. The quantitative estimate of drug-likeness (QED) is 0.533. The minimum Gasteiger partial charge on any atom is -0.493 e. The van der Waals surface area contributed by atoms with Gasteiger partial charge in [0.2, 0.25) is 0 Å². The van der Waals surface area contributed by atoms with Gasteiger partial charge in [-0.2, -0.15) is 0 Å². The van der Waals surface area contributed by atoms with E-state index < -0.39 is 24.1 Å². The number of methoxy groups -OCH3 is 1. The van der Waals surface area contributed by atoms with Crippen molar-refractivity contribution in [1.82, 2.24) is 4.90 Å². The number of hydrogen-bond donors (Lipinski definition) is 0. The lowest BCUT2D eigenvalue weighted by atomic mass is 10.2. The summed E-state index contributed by atoms with van der Waals surface area (Å²) in [5.74, 6) is -0.0107. The van der Waals surface area contributed by atoms with Gasteiger partial charge >= 0.3 is 12.4 Å². The van der Waals surface area contributed by atoms with Gasteiger partial charge in [0.1, 0.15) is 18.9 Å². The molecule has 2 aliphatic heterocycles. The second-order valence-corrected chi connectivity index (χ2v) is 7.87. The molecule has 2 saturated heterocycles. The van der Waals surface area contributed by atoms with Crippen LogP contribution in [-0.2, 0) is 4.79 Å². The summed E-state index contributed by atoms with van der Waals surface area (Å²) < 4.78 is 52.2. The Morgan fingerprint density at radius 3 is 2.26 bits per heavy atom. The number of imide groups is 1. The summed E-state index contributed by atoms with van der Waals surface area (Å²) in [5, 5.41) is 0. The number of likely N-dealkylation sites (tertiary alicyclic amines) is 1. The van der Waals surface area contributed by atoms with Crippen molar-refractivity contribution >= 4 is 23.3 Å². The fourth-order valence-electron chi connectivity index (χ4n) is 3.99. The number of urea groups is 1. The molecule has 0 saturated carbocycles. The second-order valence-electron chi connectivity index (χ2n) is 7.87. The number of hydrogen-bond acceptors (Lipinski definition) is 6. The first-order valence-corrected chi connectivity index (χ1v) is 10.8. The van der Waals surface area contributed by atoms with Crippen LogP contribution in [0.5, 0.6) is 17.2 Å². The molecule has 0 unspecified atom stereocenters. The van der Waals surface area contributed by atoms with Crippen LogP contribution in [0.2, 0.25) is 0 Å². The van der Waals surface area contributed by atoms with Gasteiger partial charge in [0.15, 0.2) is 11.5 Å². The molecule has 2 aromatic carbocycles. The van der Waals surface area contributed by atoms with Crippen molar-refractivity contribution in [2.75, 3.05) is 49.7 Å². The number of halogens is 3. The number of carbonyl (C=O) groups is 2. The molecule has 182 valence electrons. The molecule has 2 aliphatic rings. The number of carbonyl (C=O) groups excluding carboxylic acids is 2. The SMILES string of the molecule is COc1cc(N2CC(=O)N(c3ccc(OC(F)(F)F)cc3)C2=O)ccc1OCCN1CCCC1. The Morgan fingerprint density at radius 2 is 1.62 bits per heavy atom. The van der Waals surface area contributed by atoms with Crippen molar-refractivity contribution < 1.29 is 37.0 Å². The Bertz CT molecular complexity index is 1040. The zero-order valence-electron chi connectivity index (χ0n) is 18.5. The summed E-state index contributed by atoms with van der Waals surface area (Å²) in [6.45, 7) is 3.22. The average Bonchev–Trinajstić information content (AvgIpc) is 3.41. The maximum Gasteiger partial charge on any atom is 0.573 e. The zero-order valence-corrected chi connectivity index (χ0v) is 18.5. The van der Waals surface area contributed by atoms with Gasteiger partial charge in [0, 0.05) is 18.3 Å². The Hall–Kier alpha value is -3.47. The Labute approximate surface area is 194 Å². The summed E-state index contributed by atoms with van der Waals surface area (Å²) in [7, 11) is 1.49. The molecule has 2 heterocycles. The van der Waals surface area contributed by atoms with Gasteiger partial charge in [-0.3, -0.25) is 14.6 Å². The number of ether oxygens (including phenoxy) is 3. The molecule has 0 aromatic heterocycles. The van der Waals surface area contributed by atoms with Gasteiger partial charge in [0.25, 0.3) is 5.91 Å². The van der Waals surface area contributed by atoms with E-state index in [1.54, 1.807) is 18.2 Å². The fourth-order valence-corrected chi connectivity index (χ4v) is 3.99. The third kappa shape index (κ3) is 5.36. The van der Waals surface area contributed by atoms with E-state index in [4.69, 9.17) is 9.47 Å². The lowest BCUT2D eigenvalue weighted by Crippen LogP contribution is -2.33. The van der Waals surface area contributed by atoms with E-state index in [-0.39, 0.29) is 12.2 Å². The summed E-state index contributed by atoms with van der Waals surface area (Å²) in [5.41, 5.74) is 0.572. The van der Waals surface area contributed by atoms with E-state index >= 15 is 0 Å². The summed E-state index contributed by atoms with van der Waals surface area (Å²) in [6.07, 6.45) is -2.44. The maximum atomic E-state index is 13.0. The highest BCUT2D eigenvalue weighted by molar-refractivity contribution is 6.27. The van der Waals surface area contributed by atoms with Crippen LogP contribution in [0.25, 0.3) is 0 Å². The molecule has 0 N–H and O–H groups in total. The van der Waals surface area contributed by atoms with Crippen molar-refractivity contribution in [3.05, 3.63) is 42.5 Å². The molecule has 8 nitrogen and oxygen atoms in total. The van der Waals surface area contributed by atoms with Crippen LogP contribution in [-0.4, -0.2) is 63.1 Å². The second kappa shape index (κ2) is 9.80. The van der Waals surface area contributed by atoms with E-state index in [1.165, 1.54) is 37.0 Å². The molecule has 11 heteroatoms. The molecule has 2 aromatic rings. The molecule has 0 spiro atoms. The molecular formula is C23H24F3N3O5. The Kier molecular flexibility index (Phi) is 6.82. The largest absolute Gasteiger partial charge is 0.573 e. The highest BCUT2D eigenvalue weighted by Gasteiger charge is 2.38. The number of amides is 3. The van der Waals surface area contributed by atoms with Crippen LogP contribution >= 0.6 is 0 Å². The van der Waals surface area contributed by atoms with Crippen LogP contribution in [0.15, 0.2) is 42.5 Å². The molecule has 0 atom stereocenters. The molecule has 2 fully saturated rings. The zero-order chi connectivity index (χ0) is 24.3. The normalized spacial score (nSPS) is 16.9. The Balaban J connectivity index is 1.44. The number of anilines is 2. The van der Waals surface area contributed by atoms with Gasteiger partial charge in [-0.05, 0) is 62.3 Å². The molecule has 0 bridgehead atoms. The summed E-state index contributed by atoms with van der Waals surface area (Å²) in [4.78, 5) is 30.0. The van der Waals surface area contributed by atoms with E-state index in [1.807, 2.05) is 0 Å². The van der Waals surface area contributed by atoms with E-state index in [0.717, 1.165) is 36.7 Å². The molecule has 0 radical (unpaired) electrons. The van der Waals surface area contributed by atoms with Gasteiger partial charge < -0.3 is 14.2 Å². The first-order valence-electron chi connectivity index (χ1n) is 10.8. The third-order valence-electron chi connectivity index (χ3n) is 5.62. The van der Waals surface area contributed by atoms with Gasteiger partial charge in [-0.25, -0.2) is 9.69 Å². The molecule has 34 heavy (non-hydrogen) atoms. The highest BCUT2D eigenvalue weighted by Crippen LogP contribution is 2.35. The fraction of sp³-hybridized carbons (Fsp3) is 0.391. The Morgan fingerprint density at radius 1 is 0.941 bits per heavy atom. The maximum absolute atomic E-state index is 13.0. The van der Waals surface area contributed by atoms with Crippen LogP contribution in [0.3, 0.4) is 0 Å². The third-order valence-corrected chi connectivity index (χ3v) is 5.62.